The molecule has 0 aromatic heterocycles. The monoisotopic (exact) mass is 288 g/mol. The van der Waals surface area contributed by atoms with Crippen LogP contribution < -0.4 is 4.90 Å². The number of anilines is 1. The van der Waals surface area contributed by atoms with Gasteiger partial charge in [0.05, 0.1) is 5.56 Å². The summed E-state index contributed by atoms with van der Waals surface area (Å²) in [6, 6.07) is 5.13. The molecule has 1 fully saturated rings. The number of piperidine rings is 1. The van der Waals surface area contributed by atoms with Gasteiger partial charge in [0.15, 0.2) is 0 Å². The van der Waals surface area contributed by atoms with Crippen molar-refractivity contribution in [1.82, 2.24) is 4.90 Å². The molecule has 1 aromatic carbocycles. The summed E-state index contributed by atoms with van der Waals surface area (Å²) < 4.78 is 0. The lowest BCUT2D eigenvalue weighted by Gasteiger charge is -2.36. The Morgan fingerprint density at radius 3 is 2.48 bits per heavy atom. The average Bonchev–Trinajstić information content (AvgIpc) is 2.54. The molecule has 5 nitrogen and oxygen atoms in total. The maximum absolute atomic E-state index is 12.7. The molecule has 0 aliphatic carbocycles. The molecule has 1 N–H and O–H groups in total. The number of aromatic carboxylic acids is 1. The summed E-state index contributed by atoms with van der Waals surface area (Å²) >= 11 is 0. The fourth-order valence-corrected chi connectivity index (χ4v) is 3.18. The molecule has 0 atom stereocenters. The number of carboxylic acids is 1. The molecule has 5 heteroatoms. The highest BCUT2D eigenvalue weighted by atomic mass is 16.4. The number of rotatable bonds is 1. The molecule has 0 spiro atoms. The van der Waals surface area contributed by atoms with Crippen LogP contribution in [0.15, 0.2) is 18.2 Å². The second-order valence-corrected chi connectivity index (χ2v) is 5.73. The number of carbonyl (C=O) groups excluding carboxylic acids is 1. The third-order valence-electron chi connectivity index (χ3n) is 4.30. The third-order valence-corrected chi connectivity index (χ3v) is 4.30. The summed E-state index contributed by atoms with van der Waals surface area (Å²) in [5.74, 6) is -0.919. The Balaban J connectivity index is 1.86. The standard InChI is InChI=1S/C16H20N2O3/c19-15(20)13-6-7-14-12(11-13)5-4-10-18(14)16(21)17-8-2-1-3-9-17/h6-7,11H,1-5,8-10H2,(H,19,20). The van der Waals surface area contributed by atoms with Crippen LogP contribution in [0, 0.1) is 0 Å². The van der Waals surface area contributed by atoms with Gasteiger partial charge in [-0.05, 0) is 55.9 Å². The number of benzene rings is 1. The highest BCUT2D eigenvalue weighted by Crippen LogP contribution is 2.29. The van der Waals surface area contributed by atoms with Crippen LogP contribution in [-0.2, 0) is 6.42 Å². The van der Waals surface area contributed by atoms with E-state index in [4.69, 9.17) is 5.11 Å². The zero-order valence-electron chi connectivity index (χ0n) is 12.0. The number of nitrogens with zero attached hydrogens (tertiary/aromatic N) is 2. The van der Waals surface area contributed by atoms with Gasteiger partial charge in [0.1, 0.15) is 0 Å². The van der Waals surface area contributed by atoms with Crippen LogP contribution in [0.3, 0.4) is 0 Å². The molecule has 0 saturated carbocycles. The van der Waals surface area contributed by atoms with Crippen molar-refractivity contribution in [3.63, 3.8) is 0 Å². The predicted octanol–water partition coefficient (Wildman–Crippen LogP) is 2.74. The number of fused-ring (bicyclic) bond motifs is 1. The maximum atomic E-state index is 12.7. The van der Waals surface area contributed by atoms with E-state index in [1.165, 1.54) is 6.42 Å². The fraction of sp³-hybridized carbons (Fsp3) is 0.500. The Kier molecular flexibility index (Phi) is 3.82. The van der Waals surface area contributed by atoms with E-state index >= 15 is 0 Å². The van der Waals surface area contributed by atoms with Crippen molar-refractivity contribution in [2.45, 2.75) is 32.1 Å². The summed E-state index contributed by atoms with van der Waals surface area (Å²) in [7, 11) is 0. The van der Waals surface area contributed by atoms with Gasteiger partial charge in [0, 0.05) is 25.3 Å². The van der Waals surface area contributed by atoms with Crippen molar-refractivity contribution in [2.24, 2.45) is 0 Å². The van der Waals surface area contributed by atoms with Gasteiger partial charge in [-0.3, -0.25) is 4.90 Å². The van der Waals surface area contributed by atoms with E-state index in [0.717, 1.165) is 56.6 Å². The van der Waals surface area contributed by atoms with E-state index < -0.39 is 5.97 Å². The Bertz CT molecular complexity index is 565. The lowest BCUT2D eigenvalue weighted by molar-refractivity contribution is 0.0696. The normalized spacial score (nSPS) is 18.3. The Labute approximate surface area is 124 Å². The average molecular weight is 288 g/mol. The third kappa shape index (κ3) is 2.73. The van der Waals surface area contributed by atoms with Gasteiger partial charge in [0.25, 0.3) is 0 Å². The SMILES string of the molecule is O=C(O)c1ccc2c(c1)CCCN2C(=O)N1CCCCC1. The lowest BCUT2D eigenvalue weighted by atomic mass is 9.99. The Morgan fingerprint density at radius 1 is 1.00 bits per heavy atom. The molecular weight excluding hydrogens is 268 g/mol. The van der Waals surface area contributed by atoms with Crippen LogP contribution in [-0.4, -0.2) is 41.6 Å². The fourth-order valence-electron chi connectivity index (χ4n) is 3.18. The largest absolute Gasteiger partial charge is 0.478 e. The molecule has 2 aliphatic heterocycles. The van der Waals surface area contributed by atoms with Gasteiger partial charge in [-0.15, -0.1) is 0 Å². The van der Waals surface area contributed by atoms with Gasteiger partial charge in [-0.2, -0.15) is 0 Å². The van der Waals surface area contributed by atoms with Crippen molar-refractivity contribution in [3.05, 3.63) is 29.3 Å². The van der Waals surface area contributed by atoms with Gasteiger partial charge >= 0.3 is 12.0 Å². The first-order valence-corrected chi connectivity index (χ1v) is 7.59. The maximum Gasteiger partial charge on any atom is 0.335 e. The molecule has 2 aliphatic rings. The summed E-state index contributed by atoms with van der Waals surface area (Å²) in [6.07, 6.45) is 5.06. The van der Waals surface area contributed by atoms with Crippen LogP contribution in [0.1, 0.15) is 41.6 Å². The zero-order chi connectivity index (χ0) is 14.8. The minimum atomic E-state index is -0.919. The molecular formula is C16H20N2O3. The molecule has 112 valence electrons. The minimum absolute atomic E-state index is 0.0683. The van der Waals surface area contributed by atoms with Crippen molar-refractivity contribution in [1.29, 1.82) is 0 Å². The van der Waals surface area contributed by atoms with Crippen LogP contribution >= 0.6 is 0 Å². The molecule has 1 saturated heterocycles. The van der Waals surface area contributed by atoms with E-state index in [2.05, 4.69) is 0 Å². The summed E-state index contributed by atoms with van der Waals surface area (Å²) in [5, 5.41) is 9.08. The summed E-state index contributed by atoms with van der Waals surface area (Å²) in [4.78, 5) is 27.5. The van der Waals surface area contributed by atoms with Crippen LogP contribution in [0.5, 0.6) is 0 Å². The van der Waals surface area contributed by atoms with Crippen molar-refractivity contribution < 1.29 is 14.7 Å². The van der Waals surface area contributed by atoms with E-state index in [9.17, 15) is 9.59 Å². The van der Waals surface area contributed by atoms with Crippen molar-refractivity contribution in [3.8, 4) is 0 Å². The van der Waals surface area contributed by atoms with E-state index in [1.807, 2.05) is 9.80 Å². The summed E-state index contributed by atoms with van der Waals surface area (Å²) in [6.45, 7) is 2.38. The second-order valence-electron chi connectivity index (χ2n) is 5.73. The number of aryl methyl sites for hydroxylation is 1. The molecule has 0 radical (unpaired) electrons. The first-order chi connectivity index (χ1) is 10.2. The van der Waals surface area contributed by atoms with Crippen LogP contribution in [0.25, 0.3) is 0 Å². The molecule has 0 unspecified atom stereocenters. The molecule has 21 heavy (non-hydrogen) atoms. The molecule has 0 bridgehead atoms. The number of hydrogen-bond donors (Lipinski definition) is 1. The number of carboxylic acid groups (broad SMARTS) is 1. The summed E-state index contributed by atoms with van der Waals surface area (Å²) in [5.41, 5.74) is 2.13. The van der Waals surface area contributed by atoms with Crippen molar-refractivity contribution >= 4 is 17.7 Å². The first-order valence-electron chi connectivity index (χ1n) is 7.59. The van der Waals surface area contributed by atoms with Crippen molar-refractivity contribution in [2.75, 3.05) is 24.5 Å². The Morgan fingerprint density at radius 2 is 1.76 bits per heavy atom. The molecule has 2 heterocycles. The van der Waals surface area contributed by atoms with Gasteiger partial charge in [0.2, 0.25) is 0 Å². The van der Waals surface area contributed by atoms with Gasteiger partial charge in [-0.25, -0.2) is 9.59 Å². The van der Waals surface area contributed by atoms with Crippen LogP contribution in [0.2, 0.25) is 0 Å². The van der Waals surface area contributed by atoms with Gasteiger partial charge in [-0.1, -0.05) is 0 Å². The number of hydrogen-bond acceptors (Lipinski definition) is 2. The molecule has 2 amide bonds. The molecule has 3 rings (SSSR count). The number of likely N-dealkylation sites (tertiary alicyclic amines) is 1. The molecule has 1 aromatic rings. The predicted molar refractivity (Wildman–Crippen MR) is 79.9 cm³/mol. The smallest absolute Gasteiger partial charge is 0.335 e. The zero-order valence-corrected chi connectivity index (χ0v) is 12.0. The Hall–Kier alpha value is -2.04. The highest BCUT2D eigenvalue weighted by Gasteiger charge is 2.27. The number of urea groups is 1. The van der Waals surface area contributed by atoms with Gasteiger partial charge < -0.3 is 10.0 Å². The number of amides is 2. The quantitative estimate of drug-likeness (QED) is 0.864. The topological polar surface area (TPSA) is 60.9 Å². The van der Waals surface area contributed by atoms with E-state index in [-0.39, 0.29) is 6.03 Å². The van der Waals surface area contributed by atoms with E-state index in [1.54, 1.807) is 18.2 Å². The number of carbonyl (C=O) groups is 2. The lowest BCUT2D eigenvalue weighted by Crippen LogP contribution is -2.47. The highest BCUT2D eigenvalue weighted by molar-refractivity contribution is 5.95. The minimum Gasteiger partial charge on any atom is -0.478 e. The second kappa shape index (κ2) is 5.76. The van der Waals surface area contributed by atoms with E-state index in [0.29, 0.717) is 5.56 Å². The first kappa shape index (κ1) is 13.9. The van der Waals surface area contributed by atoms with Crippen LogP contribution in [0.4, 0.5) is 10.5 Å².